The summed E-state index contributed by atoms with van der Waals surface area (Å²) >= 11 is 0. The Morgan fingerprint density at radius 3 is 2.48 bits per heavy atom. The van der Waals surface area contributed by atoms with Crippen LogP contribution in [0.5, 0.6) is 11.5 Å². The number of hydrogen-bond acceptors (Lipinski definition) is 5. The largest absolute Gasteiger partial charge is 0.493 e. The van der Waals surface area contributed by atoms with E-state index in [9.17, 15) is 4.79 Å². The highest BCUT2D eigenvalue weighted by Crippen LogP contribution is 2.43. The topological polar surface area (TPSA) is 68.8 Å². The summed E-state index contributed by atoms with van der Waals surface area (Å²) in [6.07, 6.45) is 0.519. The molecule has 6 heteroatoms. The monoisotopic (exact) mass is 398 g/mol. The predicted octanol–water partition coefficient (Wildman–Crippen LogP) is 4.04. The van der Waals surface area contributed by atoms with Crippen LogP contribution in [0.15, 0.2) is 30.3 Å². The number of carbonyl (C=O) groups is 1. The molecule has 1 amide bonds. The van der Waals surface area contributed by atoms with E-state index in [4.69, 9.17) is 14.2 Å². The Morgan fingerprint density at radius 2 is 1.86 bits per heavy atom. The number of amides is 1. The minimum atomic E-state index is -0.509. The van der Waals surface area contributed by atoms with E-state index in [0.29, 0.717) is 6.54 Å². The van der Waals surface area contributed by atoms with Gasteiger partial charge in [0.05, 0.1) is 14.2 Å². The number of methoxy groups -OCH3 is 2. The normalized spacial score (nSPS) is 13.4. The van der Waals surface area contributed by atoms with Gasteiger partial charge in [-0.1, -0.05) is 24.3 Å². The molecule has 0 aromatic heterocycles. The standard InChI is InChI=1S/C23H30N2O4/c1-23(2,3)29-22(26)25-13-15-6-8-16(9-7-15)20-18-10-11-24-14-17(18)12-19(27-4)21(20)28-5/h6-9,12,24H,10-11,13-14H2,1-5H3,(H,25,26). The summed E-state index contributed by atoms with van der Waals surface area (Å²) in [6.45, 7) is 7.71. The minimum absolute atomic E-state index is 0.409. The Balaban J connectivity index is 1.85. The van der Waals surface area contributed by atoms with Gasteiger partial charge >= 0.3 is 6.09 Å². The molecule has 0 saturated heterocycles. The highest BCUT2D eigenvalue weighted by molar-refractivity contribution is 5.79. The zero-order valence-corrected chi connectivity index (χ0v) is 17.8. The molecule has 1 aliphatic rings. The lowest BCUT2D eigenvalue weighted by atomic mass is 9.89. The average Bonchev–Trinajstić information content (AvgIpc) is 2.70. The zero-order valence-electron chi connectivity index (χ0n) is 17.8. The quantitative estimate of drug-likeness (QED) is 0.796. The van der Waals surface area contributed by atoms with Crippen molar-refractivity contribution in [1.29, 1.82) is 0 Å². The van der Waals surface area contributed by atoms with E-state index >= 15 is 0 Å². The molecule has 2 aromatic rings. The number of hydrogen-bond donors (Lipinski definition) is 2. The molecule has 2 aromatic carbocycles. The molecule has 1 aliphatic heterocycles. The molecular weight excluding hydrogens is 368 g/mol. The van der Waals surface area contributed by atoms with Crippen LogP contribution in [0.2, 0.25) is 0 Å². The summed E-state index contributed by atoms with van der Waals surface area (Å²) in [5.74, 6) is 1.49. The molecule has 0 radical (unpaired) electrons. The second-order valence-electron chi connectivity index (χ2n) is 8.10. The lowest BCUT2D eigenvalue weighted by molar-refractivity contribution is 0.0523. The van der Waals surface area contributed by atoms with E-state index in [1.54, 1.807) is 14.2 Å². The Bertz CT molecular complexity index is 856. The maximum atomic E-state index is 11.9. The second-order valence-corrected chi connectivity index (χ2v) is 8.10. The van der Waals surface area contributed by atoms with E-state index in [-0.39, 0.29) is 0 Å². The second kappa shape index (κ2) is 8.74. The van der Waals surface area contributed by atoms with Crippen molar-refractivity contribution in [2.45, 2.75) is 45.9 Å². The Hall–Kier alpha value is -2.73. The first kappa shape index (κ1) is 21.0. The van der Waals surface area contributed by atoms with Gasteiger partial charge in [0, 0.05) is 18.7 Å². The van der Waals surface area contributed by atoms with Crippen molar-refractivity contribution >= 4 is 6.09 Å². The van der Waals surface area contributed by atoms with Gasteiger partial charge in [0.25, 0.3) is 0 Å². The first-order valence-electron chi connectivity index (χ1n) is 9.86. The molecule has 29 heavy (non-hydrogen) atoms. The summed E-state index contributed by atoms with van der Waals surface area (Å²) in [6, 6.07) is 10.2. The van der Waals surface area contributed by atoms with Crippen LogP contribution in [0.1, 0.15) is 37.5 Å². The summed E-state index contributed by atoms with van der Waals surface area (Å²) < 4.78 is 16.6. The van der Waals surface area contributed by atoms with E-state index in [0.717, 1.165) is 47.7 Å². The first-order chi connectivity index (χ1) is 13.8. The van der Waals surface area contributed by atoms with Crippen LogP contribution in [-0.2, 0) is 24.2 Å². The van der Waals surface area contributed by atoms with Crippen molar-refractivity contribution in [1.82, 2.24) is 10.6 Å². The molecule has 156 valence electrons. The van der Waals surface area contributed by atoms with Crippen molar-refractivity contribution in [3.8, 4) is 22.6 Å². The van der Waals surface area contributed by atoms with Gasteiger partial charge < -0.3 is 24.8 Å². The fraction of sp³-hybridized carbons (Fsp3) is 0.435. The summed E-state index contributed by atoms with van der Waals surface area (Å²) in [7, 11) is 3.34. The Kier molecular flexibility index (Phi) is 6.33. The molecule has 0 spiro atoms. The van der Waals surface area contributed by atoms with Gasteiger partial charge in [-0.05, 0) is 62.1 Å². The molecule has 2 N–H and O–H groups in total. The summed E-state index contributed by atoms with van der Waals surface area (Å²) in [4.78, 5) is 11.9. The van der Waals surface area contributed by atoms with E-state index in [1.807, 2.05) is 32.9 Å². The number of nitrogens with one attached hydrogen (secondary N) is 2. The summed E-state index contributed by atoms with van der Waals surface area (Å²) in [5.41, 5.74) is 5.16. The molecule has 0 saturated carbocycles. The van der Waals surface area contributed by atoms with Gasteiger partial charge in [-0.2, -0.15) is 0 Å². The number of fused-ring (bicyclic) bond motifs is 1. The van der Waals surface area contributed by atoms with Crippen LogP contribution in [0, 0.1) is 0 Å². The highest BCUT2D eigenvalue weighted by Gasteiger charge is 2.22. The maximum absolute atomic E-state index is 11.9. The molecule has 3 rings (SSSR count). The van der Waals surface area contributed by atoms with Crippen molar-refractivity contribution < 1.29 is 19.0 Å². The minimum Gasteiger partial charge on any atom is -0.493 e. The number of ether oxygens (including phenoxy) is 3. The van der Waals surface area contributed by atoms with Gasteiger partial charge in [-0.3, -0.25) is 0 Å². The van der Waals surface area contributed by atoms with E-state index < -0.39 is 11.7 Å². The van der Waals surface area contributed by atoms with Crippen LogP contribution in [0.4, 0.5) is 4.79 Å². The summed E-state index contributed by atoms with van der Waals surface area (Å²) in [5, 5.41) is 6.20. The lowest BCUT2D eigenvalue weighted by Gasteiger charge is -2.24. The SMILES string of the molecule is COc1cc2c(c(-c3ccc(CNC(=O)OC(C)(C)C)cc3)c1OC)CCNC2. The van der Waals surface area contributed by atoms with E-state index in [2.05, 4.69) is 28.8 Å². The molecule has 6 nitrogen and oxygen atoms in total. The third-order valence-corrected chi connectivity index (χ3v) is 4.82. The Labute approximate surface area is 172 Å². The molecule has 0 bridgehead atoms. The van der Waals surface area contributed by atoms with Crippen molar-refractivity contribution in [3.05, 3.63) is 47.0 Å². The molecule has 0 fully saturated rings. The molecule has 0 aliphatic carbocycles. The van der Waals surface area contributed by atoms with Crippen LogP contribution < -0.4 is 20.1 Å². The number of alkyl carbamates (subject to hydrolysis) is 1. The Morgan fingerprint density at radius 1 is 1.14 bits per heavy atom. The van der Waals surface area contributed by atoms with Crippen LogP contribution >= 0.6 is 0 Å². The lowest BCUT2D eigenvalue weighted by Crippen LogP contribution is -2.32. The fourth-order valence-electron chi connectivity index (χ4n) is 3.55. The first-order valence-corrected chi connectivity index (χ1v) is 9.86. The maximum Gasteiger partial charge on any atom is 0.407 e. The highest BCUT2D eigenvalue weighted by atomic mass is 16.6. The molecule has 0 unspecified atom stereocenters. The smallest absolute Gasteiger partial charge is 0.407 e. The van der Waals surface area contributed by atoms with Gasteiger partial charge in [-0.25, -0.2) is 4.79 Å². The van der Waals surface area contributed by atoms with Crippen LogP contribution in [0.25, 0.3) is 11.1 Å². The van der Waals surface area contributed by atoms with Gasteiger partial charge in [-0.15, -0.1) is 0 Å². The van der Waals surface area contributed by atoms with Gasteiger partial charge in [0.1, 0.15) is 5.60 Å². The van der Waals surface area contributed by atoms with Gasteiger partial charge in [0.15, 0.2) is 11.5 Å². The number of benzene rings is 2. The van der Waals surface area contributed by atoms with Crippen molar-refractivity contribution in [3.63, 3.8) is 0 Å². The zero-order chi connectivity index (χ0) is 21.0. The average molecular weight is 399 g/mol. The fourth-order valence-corrected chi connectivity index (χ4v) is 3.55. The van der Waals surface area contributed by atoms with E-state index in [1.165, 1.54) is 11.1 Å². The molecule has 0 atom stereocenters. The molecular formula is C23H30N2O4. The number of rotatable bonds is 5. The van der Waals surface area contributed by atoms with Gasteiger partial charge in [0.2, 0.25) is 0 Å². The van der Waals surface area contributed by atoms with Crippen LogP contribution in [-0.4, -0.2) is 32.5 Å². The van der Waals surface area contributed by atoms with Crippen LogP contribution in [0.3, 0.4) is 0 Å². The number of carbonyl (C=O) groups excluding carboxylic acids is 1. The third-order valence-electron chi connectivity index (χ3n) is 4.82. The third kappa shape index (κ3) is 5.01. The predicted molar refractivity (Wildman–Crippen MR) is 113 cm³/mol. The molecule has 1 heterocycles. The van der Waals surface area contributed by atoms with Crippen molar-refractivity contribution in [2.24, 2.45) is 0 Å². The van der Waals surface area contributed by atoms with Crippen molar-refractivity contribution in [2.75, 3.05) is 20.8 Å².